The molecule has 100 valence electrons. The zero-order valence-corrected chi connectivity index (χ0v) is 12.4. The van der Waals surface area contributed by atoms with Crippen LogP contribution in [0.5, 0.6) is 11.6 Å². The number of benzene rings is 1. The molecule has 0 saturated carbocycles. The summed E-state index contributed by atoms with van der Waals surface area (Å²) < 4.78 is 6.72. The summed E-state index contributed by atoms with van der Waals surface area (Å²) in [5, 5.41) is 0. The Morgan fingerprint density at radius 1 is 1.37 bits per heavy atom. The number of aromatic nitrogens is 2. The van der Waals surface area contributed by atoms with Gasteiger partial charge in [0.05, 0.1) is 10.0 Å². The van der Waals surface area contributed by atoms with E-state index in [1.165, 1.54) is 6.33 Å². The van der Waals surface area contributed by atoms with Gasteiger partial charge in [-0.1, -0.05) is 13.0 Å². The van der Waals surface area contributed by atoms with Gasteiger partial charge >= 0.3 is 0 Å². The Kier molecular flexibility index (Phi) is 4.34. The van der Waals surface area contributed by atoms with Gasteiger partial charge in [-0.2, -0.15) is 0 Å². The smallest absolute Gasteiger partial charge is 0.227 e. The van der Waals surface area contributed by atoms with Gasteiger partial charge in [-0.05, 0) is 47.0 Å². The molecule has 3 N–H and O–H groups in total. The van der Waals surface area contributed by atoms with Gasteiger partial charge in [-0.15, -0.1) is 0 Å². The number of nitrogens with zero attached hydrogens (tertiary/aromatic N) is 2. The maximum absolute atomic E-state index is 5.84. The first-order valence-electron chi connectivity index (χ1n) is 5.90. The van der Waals surface area contributed by atoms with E-state index in [-0.39, 0.29) is 0 Å². The quantitative estimate of drug-likeness (QED) is 0.668. The van der Waals surface area contributed by atoms with E-state index >= 15 is 0 Å². The molecule has 19 heavy (non-hydrogen) atoms. The molecule has 5 nitrogen and oxygen atoms in total. The number of hydrogen-bond donors (Lipinski definition) is 2. The standard InChI is InChI=1S/C13H15BrN4O/c1-3-9-12(18-15)16-7-17-13(9)19-11-5-4-8(2)6-10(11)14/h4-7H,3,15H2,1-2H3,(H,16,17,18). The van der Waals surface area contributed by atoms with E-state index in [2.05, 4.69) is 31.3 Å². The molecule has 0 radical (unpaired) electrons. The van der Waals surface area contributed by atoms with Crippen LogP contribution in [0.3, 0.4) is 0 Å². The number of anilines is 1. The predicted octanol–water partition coefficient (Wildman–Crippen LogP) is 3.19. The van der Waals surface area contributed by atoms with E-state index in [4.69, 9.17) is 10.6 Å². The van der Waals surface area contributed by atoms with Crippen molar-refractivity contribution in [1.82, 2.24) is 9.97 Å². The van der Waals surface area contributed by atoms with Crippen LogP contribution in [0.1, 0.15) is 18.1 Å². The van der Waals surface area contributed by atoms with Crippen molar-refractivity contribution in [1.29, 1.82) is 0 Å². The topological polar surface area (TPSA) is 73.1 Å². The molecule has 0 aliphatic carbocycles. The van der Waals surface area contributed by atoms with Crippen LogP contribution < -0.4 is 16.0 Å². The van der Waals surface area contributed by atoms with Gasteiger partial charge in [0.25, 0.3) is 0 Å². The largest absolute Gasteiger partial charge is 0.437 e. The number of aryl methyl sites for hydroxylation is 1. The molecule has 6 heteroatoms. The third-order valence-corrected chi connectivity index (χ3v) is 3.31. The Hall–Kier alpha value is -1.66. The summed E-state index contributed by atoms with van der Waals surface area (Å²) in [6.45, 7) is 4.02. The maximum Gasteiger partial charge on any atom is 0.227 e. The average Bonchev–Trinajstić information content (AvgIpc) is 2.41. The lowest BCUT2D eigenvalue weighted by Crippen LogP contribution is -2.12. The van der Waals surface area contributed by atoms with Crippen molar-refractivity contribution in [2.24, 2.45) is 5.84 Å². The normalized spacial score (nSPS) is 10.3. The molecular formula is C13H15BrN4O. The highest BCUT2D eigenvalue weighted by molar-refractivity contribution is 9.10. The predicted molar refractivity (Wildman–Crippen MR) is 78.2 cm³/mol. The highest BCUT2D eigenvalue weighted by Crippen LogP contribution is 2.32. The van der Waals surface area contributed by atoms with Crippen LogP contribution in [0.15, 0.2) is 29.0 Å². The van der Waals surface area contributed by atoms with Gasteiger partial charge in [-0.3, -0.25) is 0 Å². The molecule has 0 unspecified atom stereocenters. The molecule has 0 atom stereocenters. The van der Waals surface area contributed by atoms with Gasteiger partial charge in [0, 0.05) is 0 Å². The molecule has 0 saturated heterocycles. The Balaban J connectivity index is 2.37. The van der Waals surface area contributed by atoms with Gasteiger partial charge in [0.2, 0.25) is 5.88 Å². The van der Waals surface area contributed by atoms with Crippen molar-refractivity contribution in [3.05, 3.63) is 40.1 Å². The van der Waals surface area contributed by atoms with E-state index in [0.717, 1.165) is 22.0 Å². The number of nitrogens with two attached hydrogens (primary N) is 1. The third-order valence-electron chi connectivity index (χ3n) is 2.69. The summed E-state index contributed by atoms with van der Waals surface area (Å²) in [6.07, 6.45) is 2.14. The molecule has 1 aromatic carbocycles. The molecule has 0 fully saturated rings. The van der Waals surface area contributed by atoms with E-state index in [1.54, 1.807) is 0 Å². The number of nitrogen functional groups attached to an aromatic ring is 1. The van der Waals surface area contributed by atoms with Gasteiger partial charge in [-0.25, -0.2) is 15.8 Å². The van der Waals surface area contributed by atoms with Crippen LogP contribution in [0.2, 0.25) is 0 Å². The van der Waals surface area contributed by atoms with E-state index in [9.17, 15) is 0 Å². The first kappa shape index (κ1) is 13.8. The van der Waals surface area contributed by atoms with Gasteiger partial charge in [0.15, 0.2) is 0 Å². The molecule has 0 spiro atoms. The van der Waals surface area contributed by atoms with Crippen molar-refractivity contribution in [3.8, 4) is 11.6 Å². The Bertz CT molecular complexity index is 589. The number of ether oxygens (including phenoxy) is 1. The number of hydrazine groups is 1. The van der Waals surface area contributed by atoms with Crippen LogP contribution in [0.25, 0.3) is 0 Å². The summed E-state index contributed by atoms with van der Waals surface area (Å²) in [7, 11) is 0. The molecule has 1 heterocycles. The number of rotatable bonds is 4. The molecule has 2 aromatic rings. The SMILES string of the molecule is CCc1c(NN)ncnc1Oc1ccc(C)cc1Br. The first-order valence-corrected chi connectivity index (χ1v) is 6.69. The lowest BCUT2D eigenvalue weighted by molar-refractivity contribution is 0.452. The minimum absolute atomic E-state index is 0.509. The van der Waals surface area contributed by atoms with E-state index in [1.807, 2.05) is 32.0 Å². The average molecular weight is 323 g/mol. The van der Waals surface area contributed by atoms with Crippen molar-refractivity contribution in [3.63, 3.8) is 0 Å². The second kappa shape index (κ2) is 5.99. The van der Waals surface area contributed by atoms with Crippen molar-refractivity contribution in [2.75, 3.05) is 5.43 Å². The van der Waals surface area contributed by atoms with Crippen LogP contribution >= 0.6 is 15.9 Å². The van der Waals surface area contributed by atoms with Crippen molar-refractivity contribution >= 4 is 21.7 Å². The molecule has 0 aliphatic rings. The van der Waals surface area contributed by atoms with Crippen LogP contribution in [-0.2, 0) is 6.42 Å². The minimum Gasteiger partial charge on any atom is -0.437 e. The summed E-state index contributed by atoms with van der Waals surface area (Å²) in [4.78, 5) is 8.24. The Labute approximate surface area is 120 Å². The summed E-state index contributed by atoms with van der Waals surface area (Å²) >= 11 is 3.48. The molecule has 2 rings (SSSR count). The number of halogens is 1. The number of hydrogen-bond acceptors (Lipinski definition) is 5. The molecule has 0 amide bonds. The Morgan fingerprint density at radius 2 is 2.16 bits per heavy atom. The third kappa shape index (κ3) is 3.02. The second-order valence-corrected chi connectivity index (χ2v) is 4.89. The van der Waals surface area contributed by atoms with Crippen molar-refractivity contribution in [2.45, 2.75) is 20.3 Å². The minimum atomic E-state index is 0.509. The first-order chi connectivity index (χ1) is 9.15. The van der Waals surface area contributed by atoms with Crippen molar-refractivity contribution < 1.29 is 4.74 Å². The van der Waals surface area contributed by atoms with E-state index in [0.29, 0.717) is 17.4 Å². The summed E-state index contributed by atoms with van der Waals surface area (Å²) in [5.74, 6) is 7.23. The van der Waals surface area contributed by atoms with Crippen LogP contribution in [0, 0.1) is 6.92 Å². The molecule has 0 aliphatic heterocycles. The maximum atomic E-state index is 5.84. The highest BCUT2D eigenvalue weighted by atomic mass is 79.9. The lowest BCUT2D eigenvalue weighted by Gasteiger charge is -2.12. The fourth-order valence-corrected chi connectivity index (χ4v) is 2.29. The fourth-order valence-electron chi connectivity index (χ4n) is 1.72. The molecule has 0 bridgehead atoms. The van der Waals surface area contributed by atoms with Gasteiger partial charge in [0.1, 0.15) is 17.9 Å². The highest BCUT2D eigenvalue weighted by Gasteiger charge is 2.12. The zero-order valence-electron chi connectivity index (χ0n) is 10.8. The second-order valence-electron chi connectivity index (χ2n) is 4.04. The zero-order chi connectivity index (χ0) is 13.8. The van der Waals surface area contributed by atoms with Gasteiger partial charge < -0.3 is 10.2 Å². The fraction of sp³-hybridized carbons (Fsp3) is 0.231. The molecular weight excluding hydrogens is 308 g/mol. The lowest BCUT2D eigenvalue weighted by atomic mass is 10.2. The van der Waals surface area contributed by atoms with Crippen LogP contribution in [0.4, 0.5) is 5.82 Å². The summed E-state index contributed by atoms with van der Waals surface area (Å²) in [6, 6.07) is 5.87. The summed E-state index contributed by atoms with van der Waals surface area (Å²) in [5.41, 5.74) is 4.55. The molecule has 1 aromatic heterocycles. The monoisotopic (exact) mass is 322 g/mol. The van der Waals surface area contributed by atoms with E-state index < -0.39 is 0 Å². The van der Waals surface area contributed by atoms with Crippen LogP contribution in [-0.4, -0.2) is 9.97 Å². The number of nitrogens with one attached hydrogen (secondary N) is 1. The Morgan fingerprint density at radius 3 is 2.79 bits per heavy atom.